The summed E-state index contributed by atoms with van der Waals surface area (Å²) in [5, 5.41) is 10.7. The fourth-order valence-electron chi connectivity index (χ4n) is 2.43. The van der Waals surface area contributed by atoms with Crippen LogP contribution in [0.15, 0.2) is 54.9 Å². The average molecular weight is 306 g/mol. The van der Waals surface area contributed by atoms with E-state index >= 15 is 0 Å². The normalized spacial score (nSPS) is 11.1. The van der Waals surface area contributed by atoms with E-state index in [-0.39, 0.29) is 0 Å². The van der Waals surface area contributed by atoms with Gasteiger partial charge in [0.05, 0.1) is 17.4 Å². The second kappa shape index (κ2) is 5.69. The number of imidazole rings is 1. The highest BCUT2D eigenvalue weighted by Crippen LogP contribution is 2.26. The van der Waals surface area contributed by atoms with Crippen molar-refractivity contribution in [1.29, 1.82) is 0 Å². The Bertz CT molecular complexity index is 895. The Morgan fingerprint density at radius 3 is 2.77 bits per heavy atom. The van der Waals surface area contributed by atoms with Crippen LogP contribution in [-0.4, -0.2) is 20.2 Å². The lowest BCUT2D eigenvalue weighted by Gasteiger charge is -1.97. The summed E-state index contributed by atoms with van der Waals surface area (Å²) in [5.74, 6) is 0. The molecule has 0 aliphatic heterocycles. The van der Waals surface area contributed by atoms with E-state index in [1.165, 1.54) is 5.56 Å². The van der Waals surface area contributed by atoms with Crippen molar-refractivity contribution in [2.75, 3.05) is 0 Å². The molecule has 0 saturated carbocycles. The monoisotopic (exact) mass is 306 g/mol. The molecule has 0 aliphatic rings. The first-order valence-corrected chi connectivity index (χ1v) is 8.00. The summed E-state index contributed by atoms with van der Waals surface area (Å²) in [7, 11) is 0. The van der Waals surface area contributed by atoms with Crippen LogP contribution in [0.1, 0.15) is 10.6 Å². The summed E-state index contributed by atoms with van der Waals surface area (Å²) in [5.41, 5.74) is 4.40. The molecule has 2 aromatic carbocycles. The van der Waals surface area contributed by atoms with Gasteiger partial charge in [0.1, 0.15) is 10.0 Å². The van der Waals surface area contributed by atoms with Crippen molar-refractivity contribution < 1.29 is 0 Å². The zero-order valence-corrected chi connectivity index (χ0v) is 12.7. The highest BCUT2D eigenvalue weighted by molar-refractivity contribution is 7.14. The molecule has 4 nitrogen and oxygen atoms in total. The molecule has 0 unspecified atom stereocenters. The number of hydrogen-bond acceptors (Lipinski definition) is 4. The molecule has 0 amide bonds. The minimum absolute atomic E-state index is 0.923. The van der Waals surface area contributed by atoms with Crippen LogP contribution in [0.4, 0.5) is 0 Å². The molecule has 4 rings (SSSR count). The third-order valence-electron chi connectivity index (χ3n) is 3.61. The smallest absolute Gasteiger partial charge is 0.147 e. The van der Waals surface area contributed by atoms with Gasteiger partial charge >= 0.3 is 0 Å². The molecule has 2 heterocycles. The number of benzene rings is 2. The number of rotatable bonds is 4. The summed E-state index contributed by atoms with van der Waals surface area (Å²) in [6, 6.07) is 16.6. The van der Waals surface area contributed by atoms with Crippen molar-refractivity contribution >= 4 is 22.4 Å². The summed E-state index contributed by atoms with van der Waals surface area (Å²) in [6.07, 6.45) is 3.63. The predicted molar refractivity (Wildman–Crippen MR) is 88.8 cm³/mol. The van der Waals surface area contributed by atoms with Gasteiger partial charge in [0.2, 0.25) is 0 Å². The number of aromatic amines is 1. The number of aromatic nitrogens is 4. The Morgan fingerprint density at radius 2 is 1.86 bits per heavy atom. The zero-order chi connectivity index (χ0) is 14.8. The molecule has 4 aromatic rings. The maximum Gasteiger partial charge on any atom is 0.147 e. The van der Waals surface area contributed by atoms with E-state index in [1.807, 2.05) is 18.2 Å². The number of nitrogens with one attached hydrogen (secondary N) is 1. The first-order valence-electron chi connectivity index (χ1n) is 7.18. The third-order valence-corrected chi connectivity index (χ3v) is 4.64. The Morgan fingerprint density at radius 1 is 0.955 bits per heavy atom. The lowest BCUT2D eigenvalue weighted by molar-refractivity contribution is 0.905. The molecule has 0 spiro atoms. The molecule has 22 heavy (non-hydrogen) atoms. The van der Waals surface area contributed by atoms with Crippen LogP contribution in [0.5, 0.6) is 0 Å². The molecule has 0 radical (unpaired) electrons. The first kappa shape index (κ1) is 13.2. The molecule has 0 bridgehead atoms. The Hall–Kier alpha value is -2.53. The molecule has 0 atom stereocenters. The minimum atomic E-state index is 0.923. The number of hydrogen-bond donors (Lipinski definition) is 1. The summed E-state index contributed by atoms with van der Waals surface area (Å²) >= 11 is 1.66. The van der Waals surface area contributed by atoms with Gasteiger partial charge in [-0.3, -0.25) is 0 Å². The molecule has 108 valence electrons. The quantitative estimate of drug-likeness (QED) is 0.623. The molecule has 0 aliphatic carbocycles. The fraction of sp³-hybridized carbons (Fsp3) is 0.118. The summed E-state index contributed by atoms with van der Waals surface area (Å²) in [6.45, 7) is 0. The van der Waals surface area contributed by atoms with Gasteiger partial charge in [-0.25, -0.2) is 4.98 Å². The zero-order valence-electron chi connectivity index (χ0n) is 11.9. The molecule has 5 heteroatoms. The van der Waals surface area contributed by atoms with Crippen molar-refractivity contribution in [2.45, 2.75) is 12.8 Å². The van der Waals surface area contributed by atoms with Crippen molar-refractivity contribution in [3.8, 4) is 10.6 Å². The Kier molecular flexibility index (Phi) is 3.40. The predicted octanol–water partition coefficient (Wildman–Crippen LogP) is 3.87. The molecular formula is C17H14N4S. The van der Waals surface area contributed by atoms with Crippen molar-refractivity contribution in [3.05, 3.63) is 65.4 Å². The van der Waals surface area contributed by atoms with E-state index in [0.717, 1.165) is 39.5 Å². The Balaban J connectivity index is 1.53. The van der Waals surface area contributed by atoms with Crippen molar-refractivity contribution in [2.24, 2.45) is 0 Å². The lowest BCUT2D eigenvalue weighted by Crippen LogP contribution is -1.89. The fourth-order valence-corrected chi connectivity index (χ4v) is 3.27. The molecule has 0 saturated heterocycles. The number of fused-ring (bicyclic) bond motifs is 1. The summed E-state index contributed by atoms with van der Waals surface area (Å²) in [4.78, 5) is 7.39. The molecule has 2 aromatic heterocycles. The van der Waals surface area contributed by atoms with Gasteiger partial charge in [-0.15, -0.1) is 10.2 Å². The van der Waals surface area contributed by atoms with Crippen LogP contribution in [0.3, 0.4) is 0 Å². The maximum atomic E-state index is 4.32. The van der Waals surface area contributed by atoms with Gasteiger partial charge in [0.15, 0.2) is 0 Å². The maximum absolute atomic E-state index is 4.32. The topological polar surface area (TPSA) is 54.5 Å². The van der Waals surface area contributed by atoms with E-state index < -0.39 is 0 Å². The van der Waals surface area contributed by atoms with E-state index in [4.69, 9.17) is 0 Å². The van der Waals surface area contributed by atoms with Crippen LogP contribution in [-0.2, 0) is 12.8 Å². The highest BCUT2D eigenvalue weighted by atomic mass is 32.1. The first-order chi connectivity index (χ1) is 10.9. The SMILES string of the molecule is c1ccc(CCc2nnc(-c3ccc4[nH]cnc4c3)s2)cc1. The highest BCUT2D eigenvalue weighted by Gasteiger charge is 2.08. The number of nitrogens with zero attached hydrogens (tertiary/aromatic N) is 3. The van der Waals surface area contributed by atoms with Gasteiger partial charge in [0.25, 0.3) is 0 Å². The standard InChI is InChI=1S/C17H14N4S/c1-2-4-12(5-3-1)6-9-16-20-21-17(22-16)13-7-8-14-15(10-13)19-11-18-14/h1-5,7-8,10-11H,6,9H2,(H,18,19). The average Bonchev–Trinajstić information content (AvgIpc) is 3.22. The molecule has 1 N–H and O–H groups in total. The van der Waals surface area contributed by atoms with E-state index in [0.29, 0.717) is 0 Å². The number of aryl methyl sites for hydroxylation is 2. The lowest BCUT2D eigenvalue weighted by atomic mass is 10.1. The Labute approximate surface area is 131 Å². The van der Waals surface area contributed by atoms with Crippen LogP contribution in [0, 0.1) is 0 Å². The van der Waals surface area contributed by atoms with E-state index in [2.05, 4.69) is 50.5 Å². The van der Waals surface area contributed by atoms with Crippen molar-refractivity contribution in [3.63, 3.8) is 0 Å². The van der Waals surface area contributed by atoms with E-state index in [9.17, 15) is 0 Å². The van der Waals surface area contributed by atoms with Crippen LogP contribution in [0.25, 0.3) is 21.6 Å². The van der Waals surface area contributed by atoms with Gasteiger partial charge < -0.3 is 4.98 Å². The van der Waals surface area contributed by atoms with Crippen LogP contribution >= 0.6 is 11.3 Å². The van der Waals surface area contributed by atoms with Gasteiger partial charge in [-0.1, -0.05) is 41.7 Å². The third kappa shape index (κ3) is 2.63. The minimum Gasteiger partial charge on any atom is -0.345 e. The largest absolute Gasteiger partial charge is 0.345 e. The van der Waals surface area contributed by atoms with Gasteiger partial charge in [-0.2, -0.15) is 0 Å². The second-order valence-electron chi connectivity index (χ2n) is 5.12. The molecular weight excluding hydrogens is 292 g/mol. The van der Waals surface area contributed by atoms with Crippen LogP contribution in [0.2, 0.25) is 0 Å². The van der Waals surface area contributed by atoms with E-state index in [1.54, 1.807) is 17.7 Å². The van der Waals surface area contributed by atoms with Gasteiger partial charge in [0, 0.05) is 12.0 Å². The molecule has 0 fully saturated rings. The van der Waals surface area contributed by atoms with Crippen LogP contribution < -0.4 is 0 Å². The van der Waals surface area contributed by atoms with Crippen molar-refractivity contribution in [1.82, 2.24) is 20.2 Å². The van der Waals surface area contributed by atoms with Gasteiger partial charge in [-0.05, 0) is 30.2 Å². The second-order valence-corrected chi connectivity index (χ2v) is 6.18. The number of H-pyrrole nitrogens is 1. The summed E-state index contributed by atoms with van der Waals surface area (Å²) < 4.78 is 0.